The minimum atomic E-state index is -0.255. The fraction of sp³-hybridized carbons (Fsp3) is 0.0833. The molecule has 2 heterocycles. The molecule has 0 bridgehead atoms. The fourth-order valence-corrected chi connectivity index (χ4v) is 5.03. The quantitative estimate of drug-likeness (QED) is 0.156. The van der Waals surface area contributed by atoms with E-state index < -0.39 is 0 Å². The van der Waals surface area contributed by atoms with Gasteiger partial charge in [-0.15, -0.1) is 0 Å². The summed E-state index contributed by atoms with van der Waals surface area (Å²) in [4.78, 5) is 25.2. The van der Waals surface area contributed by atoms with Crippen molar-refractivity contribution in [2.24, 2.45) is 5.10 Å². The van der Waals surface area contributed by atoms with Crippen LogP contribution in [0.5, 0.6) is 0 Å². The van der Waals surface area contributed by atoms with Gasteiger partial charge < -0.3 is 9.73 Å². The normalized spacial score (nSPS) is 14.6. The number of hydrazone groups is 1. The zero-order chi connectivity index (χ0) is 28.9. The molecule has 6 rings (SSSR count). The number of anilines is 2. The molecule has 206 valence electrons. The zero-order valence-electron chi connectivity index (χ0n) is 23.1. The Morgan fingerprint density at radius 3 is 2.21 bits per heavy atom. The summed E-state index contributed by atoms with van der Waals surface area (Å²) in [5.74, 6) is 0.177. The second kappa shape index (κ2) is 11.9. The van der Waals surface area contributed by atoms with Gasteiger partial charge >= 0.3 is 0 Å². The van der Waals surface area contributed by atoms with Crippen molar-refractivity contribution in [3.05, 3.63) is 161 Å². The molecule has 1 unspecified atom stereocenters. The summed E-state index contributed by atoms with van der Waals surface area (Å²) >= 11 is 0. The summed E-state index contributed by atoms with van der Waals surface area (Å²) in [7, 11) is 0. The molecule has 0 saturated heterocycles. The lowest BCUT2D eigenvalue weighted by Crippen LogP contribution is -2.18. The van der Waals surface area contributed by atoms with Gasteiger partial charge in [-0.25, -0.2) is 0 Å². The number of carbonyl (C=O) groups excluding carboxylic acids is 2. The van der Waals surface area contributed by atoms with E-state index in [0.29, 0.717) is 22.6 Å². The summed E-state index contributed by atoms with van der Waals surface area (Å²) in [5.41, 5.74) is 6.91. The first kappa shape index (κ1) is 26.7. The van der Waals surface area contributed by atoms with Gasteiger partial charge in [0.25, 0.3) is 5.91 Å². The first-order valence-electron chi connectivity index (χ1n) is 13.8. The number of allylic oxidation sites excluding steroid dienone is 1. The van der Waals surface area contributed by atoms with Gasteiger partial charge in [0.15, 0.2) is 5.78 Å². The molecule has 6 nitrogen and oxygen atoms in total. The highest BCUT2D eigenvalue weighted by Crippen LogP contribution is 2.36. The Morgan fingerprint density at radius 1 is 0.857 bits per heavy atom. The van der Waals surface area contributed by atoms with E-state index >= 15 is 0 Å². The highest BCUT2D eigenvalue weighted by atomic mass is 16.3. The fourth-order valence-electron chi connectivity index (χ4n) is 5.03. The van der Waals surface area contributed by atoms with Crippen LogP contribution in [0.3, 0.4) is 0 Å². The highest BCUT2D eigenvalue weighted by molar-refractivity contribution is 6.08. The van der Waals surface area contributed by atoms with E-state index in [0.717, 1.165) is 28.9 Å². The molecule has 0 aliphatic carbocycles. The molecule has 4 aromatic carbocycles. The third-order valence-corrected chi connectivity index (χ3v) is 7.32. The number of rotatable bonds is 8. The maximum atomic E-state index is 12.8. The number of ketones is 1. The van der Waals surface area contributed by atoms with E-state index in [1.807, 2.05) is 48.5 Å². The van der Waals surface area contributed by atoms with Gasteiger partial charge in [-0.3, -0.25) is 14.6 Å². The lowest BCUT2D eigenvalue weighted by atomic mass is 9.98. The first-order chi connectivity index (χ1) is 20.5. The Labute approximate surface area is 244 Å². The van der Waals surface area contributed by atoms with E-state index in [1.165, 1.54) is 11.8 Å². The van der Waals surface area contributed by atoms with Gasteiger partial charge in [-0.2, -0.15) is 5.10 Å². The molecule has 1 aliphatic heterocycles. The molecule has 1 N–H and O–H groups in total. The topological polar surface area (TPSA) is 74.9 Å². The Kier molecular flexibility index (Phi) is 7.60. The van der Waals surface area contributed by atoms with Crippen molar-refractivity contribution in [2.45, 2.75) is 19.4 Å². The number of hydrogen-bond donors (Lipinski definition) is 1. The summed E-state index contributed by atoms with van der Waals surface area (Å²) < 4.78 is 5.19. The van der Waals surface area contributed by atoms with E-state index in [-0.39, 0.29) is 17.7 Å². The van der Waals surface area contributed by atoms with Crippen LogP contribution < -0.4 is 10.3 Å². The number of amides is 1. The molecule has 6 heteroatoms. The standard InChI is InChI=1S/C36H29N3O3/c1-25-32(22-23-42-25)36(41)37-30-17-15-29(16-18-30)35(40)21-14-26-12-19-31(20-13-26)39-34(28-10-6-3-7-11-28)24-33(38-39)27-8-4-2-5-9-27/h2-23,34H,24H2,1H3,(H,37,41)/b21-14+. The van der Waals surface area contributed by atoms with Gasteiger partial charge in [0.1, 0.15) is 5.76 Å². The third-order valence-electron chi connectivity index (χ3n) is 7.32. The molecule has 42 heavy (non-hydrogen) atoms. The molecule has 1 aliphatic rings. The van der Waals surface area contributed by atoms with Crippen LogP contribution in [-0.2, 0) is 0 Å². The van der Waals surface area contributed by atoms with Crippen LogP contribution in [0.2, 0.25) is 0 Å². The van der Waals surface area contributed by atoms with Crippen LogP contribution in [0.15, 0.2) is 137 Å². The van der Waals surface area contributed by atoms with Crippen molar-refractivity contribution in [1.82, 2.24) is 0 Å². The van der Waals surface area contributed by atoms with Crippen molar-refractivity contribution >= 4 is 34.9 Å². The van der Waals surface area contributed by atoms with Gasteiger partial charge in [0.2, 0.25) is 0 Å². The van der Waals surface area contributed by atoms with Crippen molar-refractivity contribution in [3.63, 3.8) is 0 Å². The van der Waals surface area contributed by atoms with Crippen LogP contribution in [0.25, 0.3) is 6.08 Å². The molecular weight excluding hydrogens is 522 g/mol. The lowest BCUT2D eigenvalue weighted by molar-refractivity contribution is 0.102. The number of nitrogens with zero attached hydrogens (tertiary/aromatic N) is 2. The molecule has 1 atom stereocenters. The number of carbonyl (C=O) groups is 2. The predicted octanol–water partition coefficient (Wildman–Crippen LogP) is 8.09. The molecule has 5 aromatic rings. The maximum Gasteiger partial charge on any atom is 0.259 e. The van der Waals surface area contributed by atoms with Crippen molar-refractivity contribution in [3.8, 4) is 0 Å². The highest BCUT2D eigenvalue weighted by Gasteiger charge is 2.29. The van der Waals surface area contributed by atoms with Gasteiger partial charge in [-0.1, -0.05) is 78.9 Å². The van der Waals surface area contributed by atoms with E-state index in [9.17, 15) is 9.59 Å². The number of nitrogens with one attached hydrogen (secondary N) is 1. The van der Waals surface area contributed by atoms with Crippen LogP contribution in [-0.4, -0.2) is 17.4 Å². The minimum Gasteiger partial charge on any atom is -0.469 e. The smallest absolute Gasteiger partial charge is 0.259 e. The largest absolute Gasteiger partial charge is 0.469 e. The number of benzene rings is 4. The SMILES string of the molecule is Cc1occc1C(=O)Nc1ccc(C(=O)/C=C/c2ccc(N3N=C(c4ccccc4)CC3c3ccccc3)cc2)cc1. The Morgan fingerprint density at radius 2 is 1.55 bits per heavy atom. The maximum absolute atomic E-state index is 12.8. The summed E-state index contributed by atoms with van der Waals surface area (Å²) in [6.45, 7) is 1.74. The first-order valence-corrected chi connectivity index (χ1v) is 13.8. The van der Waals surface area contributed by atoms with E-state index in [4.69, 9.17) is 9.52 Å². The van der Waals surface area contributed by atoms with Crippen molar-refractivity contribution in [2.75, 3.05) is 10.3 Å². The van der Waals surface area contributed by atoms with E-state index in [1.54, 1.807) is 49.4 Å². The second-order valence-corrected chi connectivity index (χ2v) is 10.1. The lowest BCUT2D eigenvalue weighted by Gasteiger charge is -2.24. The second-order valence-electron chi connectivity index (χ2n) is 10.1. The van der Waals surface area contributed by atoms with Crippen LogP contribution in [0.1, 0.15) is 55.6 Å². The molecule has 0 fully saturated rings. The molecule has 0 spiro atoms. The number of hydrogen-bond acceptors (Lipinski definition) is 5. The third kappa shape index (κ3) is 5.83. The Balaban J connectivity index is 1.14. The van der Waals surface area contributed by atoms with Crippen LogP contribution in [0, 0.1) is 6.92 Å². The van der Waals surface area contributed by atoms with Crippen molar-refractivity contribution in [1.29, 1.82) is 0 Å². The van der Waals surface area contributed by atoms with Crippen molar-refractivity contribution < 1.29 is 14.0 Å². The van der Waals surface area contributed by atoms with Crippen LogP contribution >= 0.6 is 0 Å². The summed E-state index contributed by atoms with van der Waals surface area (Å²) in [6.07, 6.45) is 5.66. The molecule has 1 aromatic heterocycles. The average Bonchev–Trinajstić information content (AvgIpc) is 3.68. The summed E-state index contributed by atoms with van der Waals surface area (Å²) in [6, 6.07) is 37.3. The number of furan rings is 1. The molecule has 1 amide bonds. The number of aryl methyl sites for hydroxylation is 1. The predicted molar refractivity (Wildman–Crippen MR) is 167 cm³/mol. The molecular formula is C36H29N3O3. The zero-order valence-corrected chi connectivity index (χ0v) is 23.1. The summed E-state index contributed by atoms with van der Waals surface area (Å²) in [5, 5.41) is 9.93. The Bertz CT molecular complexity index is 1750. The Hall–Kier alpha value is -5.49. The van der Waals surface area contributed by atoms with Crippen LogP contribution in [0.4, 0.5) is 11.4 Å². The molecule has 0 saturated carbocycles. The monoisotopic (exact) mass is 551 g/mol. The van der Waals surface area contributed by atoms with Gasteiger partial charge in [0.05, 0.1) is 29.3 Å². The van der Waals surface area contributed by atoms with Gasteiger partial charge in [0, 0.05) is 17.7 Å². The average molecular weight is 552 g/mol. The van der Waals surface area contributed by atoms with Gasteiger partial charge in [-0.05, 0) is 72.2 Å². The molecule has 0 radical (unpaired) electrons. The van der Waals surface area contributed by atoms with E-state index in [2.05, 4.69) is 46.7 Å². The minimum absolute atomic E-state index is 0.0980.